The topological polar surface area (TPSA) is 0 Å². The molecule has 0 aromatic carbocycles. The van der Waals surface area contributed by atoms with Gasteiger partial charge in [-0.2, -0.15) is 0 Å². The summed E-state index contributed by atoms with van der Waals surface area (Å²) in [6, 6.07) is 0. The highest BCUT2D eigenvalue weighted by atomic mass is 14.0. The van der Waals surface area contributed by atoms with E-state index in [-0.39, 0.29) is 0 Å². The van der Waals surface area contributed by atoms with E-state index in [4.69, 9.17) is 7.85 Å². The monoisotopic (exact) mass is 362 g/mol. The normalized spacial score (nSPS) is 12.5. The van der Waals surface area contributed by atoms with Crippen LogP contribution in [0.25, 0.3) is 0 Å². The molecule has 0 rings (SSSR count). The Balaban J connectivity index is 3.01. The Morgan fingerprint density at radius 2 is 0.692 bits per heavy atom. The van der Waals surface area contributed by atoms with Crippen molar-refractivity contribution >= 4 is 7.85 Å². The minimum absolute atomic E-state index is 0.464. The molecule has 0 aromatic rings. The van der Waals surface area contributed by atoms with Crippen LogP contribution in [0.4, 0.5) is 0 Å². The van der Waals surface area contributed by atoms with Crippen molar-refractivity contribution in [3.8, 4) is 0 Å². The molecule has 0 aromatic heterocycles. The van der Waals surface area contributed by atoms with Crippen LogP contribution in [0.3, 0.4) is 0 Å². The third-order valence-electron chi connectivity index (χ3n) is 5.84. The van der Waals surface area contributed by atoms with Gasteiger partial charge in [0.25, 0.3) is 0 Å². The van der Waals surface area contributed by atoms with Crippen LogP contribution in [-0.4, -0.2) is 7.85 Å². The average molecular weight is 362 g/mol. The second-order valence-electron chi connectivity index (χ2n) is 8.70. The first-order valence-corrected chi connectivity index (χ1v) is 12.6. The highest BCUT2D eigenvalue weighted by Gasteiger charge is 2.00. The van der Waals surface area contributed by atoms with Crippen molar-refractivity contribution in [2.75, 3.05) is 0 Å². The summed E-state index contributed by atoms with van der Waals surface area (Å²) in [4.78, 5) is 0. The van der Waals surface area contributed by atoms with Crippen molar-refractivity contribution in [1.82, 2.24) is 0 Å². The van der Waals surface area contributed by atoms with Gasteiger partial charge in [-0.15, -0.1) is 0 Å². The highest BCUT2D eigenvalue weighted by Crippen LogP contribution is 2.19. The second kappa shape index (κ2) is 23.1. The Kier molecular flexibility index (Phi) is 23.2. The molecule has 0 N–H and O–H groups in total. The van der Waals surface area contributed by atoms with Crippen LogP contribution in [-0.2, 0) is 0 Å². The molecule has 2 radical (unpaired) electrons. The summed E-state index contributed by atoms with van der Waals surface area (Å²) in [6.07, 6.45) is 31.3. The van der Waals surface area contributed by atoms with Crippen LogP contribution in [0.15, 0.2) is 0 Å². The third-order valence-corrected chi connectivity index (χ3v) is 5.84. The maximum Gasteiger partial charge on any atom is 0.0699 e. The van der Waals surface area contributed by atoms with Crippen LogP contribution >= 0.6 is 0 Å². The van der Waals surface area contributed by atoms with Crippen molar-refractivity contribution in [1.29, 1.82) is 0 Å². The summed E-state index contributed by atoms with van der Waals surface area (Å²) in [5.74, 6) is 0.464. The molecule has 1 atom stereocenters. The van der Waals surface area contributed by atoms with E-state index in [1.807, 2.05) is 0 Å². The molecule has 0 heterocycles. The number of unbranched alkanes of at least 4 members (excludes halogenated alkanes) is 18. The summed E-state index contributed by atoms with van der Waals surface area (Å²) < 4.78 is 0. The van der Waals surface area contributed by atoms with Crippen LogP contribution < -0.4 is 0 Å². The molecule has 0 aliphatic carbocycles. The van der Waals surface area contributed by atoms with Gasteiger partial charge in [-0.3, -0.25) is 0 Å². The highest BCUT2D eigenvalue weighted by molar-refractivity contribution is 6.11. The lowest BCUT2D eigenvalue weighted by molar-refractivity contribution is 0.519. The van der Waals surface area contributed by atoms with Gasteiger partial charge in [0.15, 0.2) is 0 Å². The lowest BCUT2D eigenvalue weighted by Crippen LogP contribution is -1.92. The Morgan fingerprint density at radius 1 is 0.385 bits per heavy atom. The maximum absolute atomic E-state index is 6.06. The Bertz CT molecular complexity index is 238. The van der Waals surface area contributed by atoms with E-state index in [2.05, 4.69) is 13.8 Å². The summed E-state index contributed by atoms with van der Waals surface area (Å²) in [7, 11) is 6.06. The molecule has 154 valence electrons. The van der Waals surface area contributed by atoms with Gasteiger partial charge in [0.2, 0.25) is 0 Å². The Hall–Kier alpha value is 0.0649. The zero-order valence-electron chi connectivity index (χ0n) is 18.7. The lowest BCUT2D eigenvalue weighted by atomic mass is 9.79. The van der Waals surface area contributed by atoms with Gasteiger partial charge in [-0.1, -0.05) is 161 Å². The standard InChI is InChI=1S/C25H51B/c1-3-5-6-7-8-9-10-11-12-13-14-15-16-17-18-19-20-21-22-24-25(26)23-4-2/h25H,3-24H2,1-2H3. The minimum atomic E-state index is 0.464. The number of hydrogen-bond acceptors (Lipinski definition) is 0. The largest absolute Gasteiger partial charge is 0.0774 e. The van der Waals surface area contributed by atoms with Crippen molar-refractivity contribution in [3.63, 3.8) is 0 Å². The van der Waals surface area contributed by atoms with Gasteiger partial charge in [-0.25, -0.2) is 0 Å². The molecule has 0 fully saturated rings. The third kappa shape index (κ3) is 22.1. The molecule has 0 amide bonds. The van der Waals surface area contributed by atoms with Crippen molar-refractivity contribution in [2.24, 2.45) is 0 Å². The van der Waals surface area contributed by atoms with E-state index in [1.165, 1.54) is 141 Å². The van der Waals surface area contributed by atoms with Crippen molar-refractivity contribution in [3.05, 3.63) is 0 Å². The zero-order chi connectivity index (χ0) is 19.1. The molecule has 0 aliphatic rings. The lowest BCUT2D eigenvalue weighted by Gasteiger charge is -2.09. The average Bonchev–Trinajstić information content (AvgIpc) is 2.64. The molecule has 26 heavy (non-hydrogen) atoms. The van der Waals surface area contributed by atoms with Crippen LogP contribution in [0, 0.1) is 0 Å². The van der Waals surface area contributed by atoms with E-state index in [1.54, 1.807) is 0 Å². The molecule has 0 saturated heterocycles. The first-order chi connectivity index (χ1) is 12.8. The SMILES string of the molecule is [B]C(CCC)CCCCCCCCCCCCCCCCCCCCC. The number of rotatable bonds is 22. The van der Waals surface area contributed by atoms with Crippen molar-refractivity contribution < 1.29 is 0 Å². The molecule has 0 nitrogen and oxygen atoms in total. The second-order valence-corrected chi connectivity index (χ2v) is 8.70. The predicted octanol–water partition coefficient (Wildman–Crippen LogP) is 9.57. The fraction of sp³-hybridized carbons (Fsp3) is 1.00. The summed E-state index contributed by atoms with van der Waals surface area (Å²) in [5, 5.41) is 0. The molecular weight excluding hydrogens is 311 g/mol. The predicted molar refractivity (Wildman–Crippen MR) is 122 cm³/mol. The minimum Gasteiger partial charge on any atom is -0.0774 e. The van der Waals surface area contributed by atoms with Crippen molar-refractivity contribution in [2.45, 2.75) is 161 Å². The fourth-order valence-corrected chi connectivity index (χ4v) is 4.00. The molecule has 1 heteroatoms. The smallest absolute Gasteiger partial charge is 0.0699 e. The zero-order valence-corrected chi connectivity index (χ0v) is 18.7. The summed E-state index contributed by atoms with van der Waals surface area (Å²) in [5.41, 5.74) is 0. The van der Waals surface area contributed by atoms with Gasteiger partial charge >= 0.3 is 0 Å². The van der Waals surface area contributed by atoms with E-state index >= 15 is 0 Å². The Morgan fingerprint density at radius 3 is 1.00 bits per heavy atom. The van der Waals surface area contributed by atoms with Gasteiger partial charge in [0.1, 0.15) is 0 Å². The van der Waals surface area contributed by atoms with Crippen LogP contribution in [0.1, 0.15) is 155 Å². The number of hydrogen-bond donors (Lipinski definition) is 0. The first kappa shape index (κ1) is 26.1. The van der Waals surface area contributed by atoms with Crippen LogP contribution in [0.5, 0.6) is 0 Å². The van der Waals surface area contributed by atoms with Gasteiger partial charge < -0.3 is 0 Å². The first-order valence-electron chi connectivity index (χ1n) is 12.6. The molecule has 0 bridgehead atoms. The summed E-state index contributed by atoms with van der Waals surface area (Å²) >= 11 is 0. The Labute approximate surface area is 169 Å². The van der Waals surface area contributed by atoms with Gasteiger partial charge in [-0.05, 0) is 0 Å². The fourth-order valence-electron chi connectivity index (χ4n) is 4.00. The maximum atomic E-state index is 6.06. The van der Waals surface area contributed by atoms with E-state index in [0.717, 1.165) is 0 Å². The molecule has 0 spiro atoms. The summed E-state index contributed by atoms with van der Waals surface area (Å²) in [6.45, 7) is 4.53. The quantitative estimate of drug-likeness (QED) is 0.133. The van der Waals surface area contributed by atoms with Crippen LogP contribution in [0.2, 0.25) is 5.82 Å². The van der Waals surface area contributed by atoms with Gasteiger partial charge in [0, 0.05) is 0 Å². The molecular formula is C25H51B. The van der Waals surface area contributed by atoms with E-state index < -0.39 is 0 Å². The van der Waals surface area contributed by atoms with Gasteiger partial charge in [0.05, 0.1) is 7.85 Å². The van der Waals surface area contributed by atoms with E-state index in [9.17, 15) is 0 Å². The molecule has 0 aliphatic heterocycles. The molecule has 1 unspecified atom stereocenters. The van der Waals surface area contributed by atoms with E-state index in [0.29, 0.717) is 5.82 Å². The molecule has 0 saturated carbocycles.